The highest BCUT2D eigenvalue weighted by molar-refractivity contribution is 8.34. The fourth-order valence-corrected chi connectivity index (χ4v) is 13.2. The number of carbonyl (C=O) groups is 1. The highest BCUT2D eigenvalue weighted by Crippen LogP contribution is 2.61. The zero-order chi connectivity index (χ0) is 39.7. The number of allylic oxidation sites excluding steroid dienone is 3. The smallest absolute Gasteiger partial charge is 0.345 e. The third kappa shape index (κ3) is 9.14. The third-order valence-corrected chi connectivity index (χ3v) is 16.9. The molecule has 0 atom stereocenters. The molecule has 0 aromatic heterocycles. The van der Waals surface area contributed by atoms with Crippen LogP contribution in [0.2, 0.25) is 0 Å². The van der Waals surface area contributed by atoms with Crippen LogP contribution >= 0.6 is 47.0 Å². The molecule has 3 aromatic rings. The molecule has 3 aromatic carbocycles. The Hall–Kier alpha value is -4.12. The molecule has 2 aliphatic rings. The van der Waals surface area contributed by atoms with E-state index in [1.807, 2.05) is 54.7 Å². The van der Waals surface area contributed by atoms with Crippen LogP contribution < -0.4 is 10.4 Å². The van der Waals surface area contributed by atoms with Crippen molar-refractivity contribution in [3.63, 3.8) is 0 Å². The van der Waals surface area contributed by atoms with Crippen LogP contribution in [0.3, 0.4) is 0 Å². The summed E-state index contributed by atoms with van der Waals surface area (Å²) in [6.07, 6.45) is 9.27. The van der Waals surface area contributed by atoms with Crippen molar-refractivity contribution < 1.29 is 17.9 Å². The predicted octanol–water partition coefficient (Wildman–Crippen LogP) is 9.24. The molecule has 0 saturated carbocycles. The average molecular weight is 826 g/mol. The molecule has 5 rings (SSSR count). The summed E-state index contributed by atoms with van der Waals surface area (Å²) in [7, 11) is -2.79. The Bertz CT molecular complexity index is 2510. The van der Waals surface area contributed by atoms with Gasteiger partial charge in [0.2, 0.25) is 10.0 Å². The van der Waals surface area contributed by atoms with Gasteiger partial charge in [-0.2, -0.15) is 25.4 Å². The number of ether oxygens (including phenoxy) is 1. The topological polar surface area (TPSA) is 159 Å². The second kappa shape index (κ2) is 19.2. The molecule has 0 fully saturated rings. The highest BCUT2D eigenvalue weighted by Gasteiger charge is 2.32. The number of hydrogen-bond donors (Lipinski definition) is 0. The van der Waals surface area contributed by atoms with E-state index < -0.39 is 16.0 Å². The van der Waals surface area contributed by atoms with Crippen molar-refractivity contribution in [2.75, 3.05) is 20.2 Å². The first kappa shape index (κ1) is 42.0. The van der Waals surface area contributed by atoms with E-state index >= 15 is 0 Å². The van der Waals surface area contributed by atoms with E-state index in [1.165, 1.54) is 89.6 Å². The van der Waals surface area contributed by atoms with E-state index in [0.717, 1.165) is 26.3 Å². The summed E-state index contributed by atoms with van der Waals surface area (Å²) in [6.45, 7) is 6.01. The summed E-state index contributed by atoms with van der Waals surface area (Å²) >= 11 is 6.68. The van der Waals surface area contributed by atoms with E-state index in [-0.39, 0.29) is 45.0 Å². The molecule has 0 N–H and O–H groups in total. The van der Waals surface area contributed by atoms with Gasteiger partial charge in [0.25, 0.3) is 0 Å². The minimum Gasteiger partial charge on any atom is -0.460 e. The number of carbonyl (C=O) groups excluding carboxylic acids is 1. The first-order chi connectivity index (χ1) is 26.5. The van der Waals surface area contributed by atoms with E-state index in [9.17, 15) is 34.3 Å². The SMILES string of the molecule is CCCCCC1=C(CCCCC)SC(=C2SC(C)=C(C(=O)OCCN(C)S(=O)(=O)c3ccc4c(=C(C#N)C#N)c5ccccc5c(=C(C#N)C#N)c4c3)S2)S1. The van der Waals surface area contributed by atoms with Crippen LogP contribution in [-0.4, -0.2) is 38.9 Å². The van der Waals surface area contributed by atoms with Crippen LogP contribution in [0.25, 0.3) is 32.7 Å². The van der Waals surface area contributed by atoms with Gasteiger partial charge in [0.1, 0.15) is 46.9 Å². The minimum absolute atomic E-state index is 0.132. The Kier molecular flexibility index (Phi) is 14.6. The van der Waals surface area contributed by atoms with Gasteiger partial charge in [-0.15, -0.1) is 0 Å². The fourth-order valence-electron chi connectivity index (χ4n) is 6.30. The largest absolute Gasteiger partial charge is 0.460 e. The van der Waals surface area contributed by atoms with Crippen LogP contribution in [0.1, 0.15) is 72.1 Å². The Morgan fingerprint density at radius 2 is 1.24 bits per heavy atom. The lowest BCUT2D eigenvalue weighted by molar-refractivity contribution is -0.138. The zero-order valence-corrected chi connectivity index (χ0v) is 35.1. The quantitative estimate of drug-likeness (QED) is 0.0863. The maximum atomic E-state index is 13.9. The number of unbranched alkanes of at least 4 members (excludes halogenated alkanes) is 4. The number of benzene rings is 3. The van der Waals surface area contributed by atoms with Gasteiger partial charge >= 0.3 is 5.97 Å². The second-order valence-electron chi connectivity index (χ2n) is 12.8. The van der Waals surface area contributed by atoms with E-state index in [4.69, 9.17) is 4.74 Å². The number of nitrogens with zero attached hydrogens (tertiary/aromatic N) is 5. The molecule has 14 heteroatoms. The Balaban J connectivity index is 1.35. The fraction of sp³-hybridized carbons (Fsp3) is 0.341. The summed E-state index contributed by atoms with van der Waals surface area (Å²) in [5, 5.41) is 41.4. The van der Waals surface area contributed by atoms with Crippen molar-refractivity contribution in [3.8, 4) is 24.3 Å². The molecular weight excluding hydrogens is 787 g/mol. The van der Waals surface area contributed by atoms with Crippen molar-refractivity contribution in [1.82, 2.24) is 4.31 Å². The number of nitriles is 4. The third-order valence-electron chi connectivity index (χ3n) is 9.16. The molecule has 0 radical (unpaired) electrons. The molecule has 0 amide bonds. The number of hydrogen-bond acceptors (Lipinski definition) is 12. The van der Waals surface area contributed by atoms with Gasteiger partial charge in [-0.1, -0.05) is 117 Å². The van der Waals surface area contributed by atoms with Crippen molar-refractivity contribution in [2.45, 2.75) is 77.0 Å². The summed E-state index contributed by atoms with van der Waals surface area (Å²) in [5.74, 6) is -0.503. The van der Waals surface area contributed by atoms with Gasteiger partial charge in [-0.3, -0.25) is 0 Å². The van der Waals surface area contributed by atoms with Crippen LogP contribution in [0.15, 0.2) is 75.5 Å². The van der Waals surface area contributed by atoms with Crippen LogP contribution in [0.5, 0.6) is 0 Å². The molecule has 0 spiro atoms. The van der Waals surface area contributed by atoms with Gasteiger partial charge in [-0.25, -0.2) is 13.2 Å². The molecule has 0 aliphatic carbocycles. The van der Waals surface area contributed by atoms with Crippen LogP contribution in [0, 0.1) is 45.3 Å². The number of rotatable bonds is 14. The first-order valence-corrected chi connectivity index (χ1v) is 22.6. The Labute approximate surface area is 339 Å². The van der Waals surface area contributed by atoms with Gasteiger partial charge in [-0.05, 0) is 66.3 Å². The number of esters is 1. The molecule has 2 aliphatic heterocycles. The van der Waals surface area contributed by atoms with Crippen molar-refractivity contribution in [2.24, 2.45) is 0 Å². The second-order valence-corrected chi connectivity index (χ2v) is 19.8. The summed E-state index contributed by atoms with van der Waals surface area (Å²) < 4.78 is 36.8. The van der Waals surface area contributed by atoms with E-state index in [2.05, 4.69) is 13.8 Å². The van der Waals surface area contributed by atoms with Crippen LogP contribution in [0.4, 0.5) is 0 Å². The van der Waals surface area contributed by atoms with Gasteiger partial charge in [0, 0.05) is 38.7 Å². The Morgan fingerprint density at radius 1 is 0.727 bits per heavy atom. The van der Waals surface area contributed by atoms with Crippen LogP contribution in [-0.2, 0) is 19.6 Å². The average Bonchev–Trinajstić information content (AvgIpc) is 3.79. The van der Waals surface area contributed by atoms with Gasteiger partial charge in [0.15, 0.2) is 0 Å². The first-order valence-electron chi connectivity index (χ1n) is 17.9. The molecular formula is C41H39N5O4S5. The van der Waals surface area contributed by atoms with E-state index in [1.54, 1.807) is 36.0 Å². The van der Waals surface area contributed by atoms with E-state index in [0.29, 0.717) is 21.1 Å². The molecule has 9 nitrogen and oxygen atoms in total. The molecule has 0 saturated heterocycles. The van der Waals surface area contributed by atoms with Crippen molar-refractivity contribution >= 4 is 95.7 Å². The number of thioether (sulfide) groups is 4. The van der Waals surface area contributed by atoms with Gasteiger partial charge < -0.3 is 4.74 Å². The van der Waals surface area contributed by atoms with Crippen molar-refractivity contribution in [1.29, 1.82) is 21.0 Å². The minimum atomic E-state index is -4.17. The normalized spacial score (nSPS) is 14.3. The summed E-state index contributed by atoms with van der Waals surface area (Å²) in [6, 6.07) is 18.6. The predicted molar refractivity (Wildman–Crippen MR) is 226 cm³/mol. The summed E-state index contributed by atoms with van der Waals surface area (Å²) in [5.41, 5.74) is -0.437. The molecule has 0 unspecified atom stereocenters. The number of fused-ring (bicyclic) bond motifs is 2. The molecule has 2 heterocycles. The van der Waals surface area contributed by atoms with Gasteiger partial charge in [0.05, 0.1) is 13.4 Å². The number of likely N-dealkylation sites (N-methyl/N-ethyl adjacent to an activating group) is 1. The standard InChI is InChI=1S/C41H39N5O4S5/c1-5-7-9-15-34-35(16-10-8-6-2)53-41(52-34)40-51-26(3)38(54-40)39(47)50-20-19-46(4)55(48,49)29-17-18-32-33(21-29)37(28(24-44)25-45)31-14-12-11-13-30(31)36(32)27(22-42)23-43/h11-14,17-18,21H,5-10,15-16,19-20H2,1-4H3. The Morgan fingerprint density at radius 3 is 1.76 bits per heavy atom. The lowest BCUT2D eigenvalue weighted by atomic mass is 9.94. The maximum Gasteiger partial charge on any atom is 0.345 e. The highest BCUT2D eigenvalue weighted by atomic mass is 32.2. The lowest BCUT2D eigenvalue weighted by Crippen LogP contribution is -2.31. The molecule has 55 heavy (non-hydrogen) atoms. The molecule has 0 bridgehead atoms. The maximum absolute atomic E-state index is 13.9. The summed E-state index contributed by atoms with van der Waals surface area (Å²) in [4.78, 5) is 17.4. The monoisotopic (exact) mass is 825 g/mol. The molecule has 282 valence electrons. The van der Waals surface area contributed by atoms with Crippen molar-refractivity contribution in [3.05, 3.63) is 81.0 Å². The lowest BCUT2D eigenvalue weighted by Gasteiger charge is -2.18. The zero-order valence-electron chi connectivity index (χ0n) is 31.0. The number of sulfonamides is 1.